The van der Waals surface area contributed by atoms with Crippen molar-refractivity contribution in [2.75, 3.05) is 26.0 Å². The van der Waals surface area contributed by atoms with Crippen LogP contribution in [-0.2, 0) is 34.5 Å². The summed E-state index contributed by atoms with van der Waals surface area (Å²) >= 11 is 0. The summed E-state index contributed by atoms with van der Waals surface area (Å²) in [5.41, 5.74) is 0.927. The van der Waals surface area contributed by atoms with Gasteiger partial charge in [0.25, 0.3) is 5.69 Å². The van der Waals surface area contributed by atoms with Crippen LogP contribution in [-0.4, -0.2) is 64.0 Å². The fraction of sp³-hybridized carbons (Fsp3) is 0.536. The predicted octanol–water partition coefficient (Wildman–Crippen LogP) is 5.91. The second-order valence-electron chi connectivity index (χ2n) is 10.8. The molecular formula is C28H35N4O12P. The lowest BCUT2D eigenvalue weighted by molar-refractivity contribution is -0.384. The molecule has 1 unspecified atom stereocenters. The molecule has 45 heavy (non-hydrogen) atoms. The summed E-state index contributed by atoms with van der Waals surface area (Å²) in [5, 5.41) is 29.5. The predicted molar refractivity (Wildman–Crippen MR) is 158 cm³/mol. The van der Waals surface area contributed by atoms with Crippen molar-refractivity contribution in [3.8, 4) is 5.75 Å². The molecule has 16 nitrogen and oxygen atoms in total. The van der Waals surface area contributed by atoms with Gasteiger partial charge in [0.1, 0.15) is 11.3 Å². The van der Waals surface area contributed by atoms with E-state index >= 15 is 0 Å². The minimum atomic E-state index is -3.72. The molecule has 0 radical (unpaired) electrons. The summed E-state index contributed by atoms with van der Waals surface area (Å²) < 4.78 is 46.2. The lowest BCUT2D eigenvalue weighted by Crippen LogP contribution is -2.22. The molecule has 1 saturated heterocycles. The number of esters is 1. The SMILES string of the molecule is CC1(C)OC[C@H](CCOP(=O)(CCCOC(=O)CCCCCc2ccc([N+](=O)[O-])c3nonc23)Oc2ccc([N+](=O)[O-])cc2)O1. The van der Waals surface area contributed by atoms with Gasteiger partial charge < -0.3 is 18.7 Å². The third-order valence-corrected chi connectivity index (χ3v) is 8.86. The number of hydrogen-bond acceptors (Lipinski definition) is 14. The minimum Gasteiger partial charge on any atom is -0.466 e. The summed E-state index contributed by atoms with van der Waals surface area (Å²) in [5.74, 6) is -0.957. The van der Waals surface area contributed by atoms with Gasteiger partial charge in [-0.2, -0.15) is 0 Å². The molecule has 3 aromatic rings. The summed E-state index contributed by atoms with van der Waals surface area (Å²) in [7, 11) is -3.72. The average molecular weight is 651 g/mol. The number of ether oxygens (including phenoxy) is 3. The molecule has 2 atom stereocenters. The average Bonchev–Trinajstić information content (AvgIpc) is 3.62. The van der Waals surface area contributed by atoms with Gasteiger partial charge in [-0.05, 0) is 80.0 Å². The molecular weight excluding hydrogens is 615 g/mol. The van der Waals surface area contributed by atoms with Crippen LogP contribution in [0.25, 0.3) is 11.0 Å². The molecule has 2 aromatic carbocycles. The maximum Gasteiger partial charge on any atom is 0.379 e. The number of fused-ring (bicyclic) bond motifs is 1. The number of aryl methyl sites for hydroxylation is 1. The Morgan fingerprint density at radius 2 is 1.76 bits per heavy atom. The Bertz CT molecular complexity index is 1530. The number of nitro benzene ring substituents is 2. The van der Waals surface area contributed by atoms with Crippen LogP contribution in [0.1, 0.15) is 57.9 Å². The highest BCUT2D eigenvalue weighted by Gasteiger charge is 2.33. The number of carbonyl (C=O) groups excluding carboxylic acids is 1. The maximum atomic E-state index is 13.6. The first kappa shape index (κ1) is 33.9. The highest BCUT2D eigenvalue weighted by Crippen LogP contribution is 2.49. The number of carbonyl (C=O) groups is 1. The van der Waals surface area contributed by atoms with Crippen molar-refractivity contribution in [2.45, 2.75) is 70.7 Å². The van der Waals surface area contributed by atoms with Crippen LogP contribution in [0.5, 0.6) is 5.75 Å². The van der Waals surface area contributed by atoms with E-state index in [0.29, 0.717) is 44.2 Å². The molecule has 1 aromatic heterocycles. The lowest BCUT2D eigenvalue weighted by Gasteiger charge is -2.21. The topological polar surface area (TPSA) is 205 Å². The molecule has 0 amide bonds. The van der Waals surface area contributed by atoms with Crippen molar-refractivity contribution >= 4 is 36.0 Å². The molecule has 244 valence electrons. The lowest BCUT2D eigenvalue weighted by atomic mass is 10.0. The van der Waals surface area contributed by atoms with Gasteiger partial charge in [0.15, 0.2) is 5.79 Å². The number of unbranched alkanes of at least 4 members (excludes halogenated alkanes) is 2. The maximum absolute atomic E-state index is 13.6. The van der Waals surface area contributed by atoms with Gasteiger partial charge in [0, 0.05) is 24.6 Å². The van der Waals surface area contributed by atoms with Gasteiger partial charge in [0.2, 0.25) is 5.52 Å². The Hall–Kier alpha value is -3.98. The van der Waals surface area contributed by atoms with Crippen molar-refractivity contribution in [2.24, 2.45) is 0 Å². The van der Waals surface area contributed by atoms with Gasteiger partial charge in [-0.3, -0.25) is 29.5 Å². The molecule has 4 rings (SSSR count). The van der Waals surface area contributed by atoms with Gasteiger partial charge in [-0.1, -0.05) is 6.42 Å². The van der Waals surface area contributed by atoms with Crippen molar-refractivity contribution in [3.63, 3.8) is 0 Å². The second-order valence-corrected chi connectivity index (χ2v) is 13.0. The quantitative estimate of drug-likeness (QED) is 0.0516. The van der Waals surface area contributed by atoms with Crippen LogP contribution >= 0.6 is 7.60 Å². The number of hydrogen-bond donors (Lipinski definition) is 0. The molecule has 1 aliphatic rings. The van der Waals surface area contributed by atoms with Gasteiger partial charge in [-0.15, -0.1) is 0 Å². The Kier molecular flexibility index (Phi) is 11.6. The molecule has 0 spiro atoms. The zero-order valence-electron chi connectivity index (χ0n) is 25.0. The van der Waals surface area contributed by atoms with Gasteiger partial charge in [-0.25, -0.2) is 9.19 Å². The zero-order valence-corrected chi connectivity index (χ0v) is 25.8. The van der Waals surface area contributed by atoms with E-state index in [1.165, 1.54) is 30.3 Å². The van der Waals surface area contributed by atoms with Crippen molar-refractivity contribution < 1.29 is 47.1 Å². The highest BCUT2D eigenvalue weighted by atomic mass is 31.2. The van der Waals surface area contributed by atoms with Gasteiger partial charge >= 0.3 is 19.3 Å². The first-order chi connectivity index (χ1) is 21.4. The summed E-state index contributed by atoms with van der Waals surface area (Å²) in [4.78, 5) is 33.3. The van der Waals surface area contributed by atoms with Crippen LogP contribution in [0.4, 0.5) is 11.4 Å². The van der Waals surface area contributed by atoms with Gasteiger partial charge in [0.05, 0.1) is 41.9 Å². The Morgan fingerprint density at radius 1 is 1.00 bits per heavy atom. The smallest absolute Gasteiger partial charge is 0.379 e. The third-order valence-electron chi connectivity index (χ3n) is 6.93. The fourth-order valence-electron chi connectivity index (χ4n) is 4.69. The fourth-order valence-corrected chi connectivity index (χ4v) is 6.30. The molecule has 2 heterocycles. The summed E-state index contributed by atoms with van der Waals surface area (Å²) in [6.45, 7) is 4.04. The van der Waals surface area contributed by atoms with Crippen molar-refractivity contribution in [3.05, 3.63) is 62.2 Å². The van der Waals surface area contributed by atoms with Crippen LogP contribution in [0.15, 0.2) is 41.0 Å². The monoisotopic (exact) mass is 650 g/mol. The molecule has 17 heteroatoms. The number of aromatic nitrogens is 2. The van der Waals surface area contributed by atoms with Crippen molar-refractivity contribution in [1.29, 1.82) is 0 Å². The van der Waals surface area contributed by atoms with Crippen molar-refractivity contribution in [1.82, 2.24) is 10.3 Å². The van der Waals surface area contributed by atoms with Crippen LogP contribution in [0.3, 0.4) is 0 Å². The normalized spacial score (nSPS) is 17.2. The number of non-ortho nitro benzene ring substituents is 2. The summed E-state index contributed by atoms with van der Waals surface area (Å²) in [6, 6.07) is 8.18. The summed E-state index contributed by atoms with van der Waals surface area (Å²) in [6.07, 6.45) is 3.09. The van der Waals surface area contributed by atoms with Crippen LogP contribution in [0.2, 0.25) is 0 Å². The zero-order chi connectivity index (χ0) is 32.5. The van der Waals surface area contributed by atoms with E-state index < -0.39 is 29.2 Å². The first-order valence-corrected chi connectivity index (χ1v) is 16.2. The standard InChI is InChI=1S/C28H35N4O12P/c1-28(2)40-19-23(42-28)15-17-41-45(38,43-22-12-10-21(11-13-22)31(34)35)18-6-16-39-25(33)8-5-3-4-7-20-9-14-24(32(36)37)27-26(20)29-44-30-27/h9-14,23H,3-8,15-19H2,1-2H3/t23-,45?/m0/s1. The van der Waals surface area contributed by atoms with E-state index in [-0.39, 0.29) is 61.0 Å². The molecule has 0 aliphatic carbocycles. The van der Waals surface area contributed by atoms with E-state index in [1.807, 2.05) is 0 Å². The first-order valence-electron chi connectivity index (χ1n) is 14.5. The largest absolute Gasteiger partial charge is 0.466 e. The Balaban J connectivity index is 1.19. The van der Waals surface area contributed by atoms with Crippen LogP contribution < -0.4 is 4.52 Å². The van der Waals surface area contributed by atoms with E-state index in [4.69, 9.17) is 23.3 Å². The van der Waals surface area contributed by atoms with E-state index in [9.17, 15) is 29.6 Å². The molecule has 1 fully saturated rings. The Labute approximate surface area is 258 Å². The number of nitrogens with zero attached hydrogens (tertiary/aromatic N) is 4. The Morgan fingerprint density at radius 3 is 2.44 bits per heavy atom. The molecule has 0 N–H and O–H groups in total. The number of benzene rings is 2. The highest BCUT2D eigenvalue weighted by molar-refractivity contribution is 7.54. The molecule has 1 aliphatic heterocycles. The molecule has 0 bridgehead atoms. The third kappa shape index (κ3) is 10.0. The van der Waals surface area contributed by atoms with E-state index in [0.717, 1.165) is 5.56 Å². The second kappa shape index (κ2) is 15.3. The van der Waals surface area contributed by atoms with E-state index in [1.54, 1.807) is 19.9 Å². The minimum absolute atomic E-state index is 0.00348. The number of nitro groups is 2. The molecule has 0 saturated carbocycles. The van der Waals surface area contributed by atoms with E-state index in [2.05, 4.69) is 14.9 Å². The number of rotatable bonds is 18. The van der Waals surface area contributed by atoms with Crippen LogP contribution in [0, 0.1) is 20.2 Å².